The van der Waals surface area contributed by atoms with Crippen molar-refractivity contribution in [3.63, 3.8) is 0 Å². The number of rotatable bonds is 4. The molecule has 0 unspecified atom stereocenters. The summed E-state index contributed by atoms with van der Waals surface area (Å²) >= 11 is 0. The Labute approximate surface area is 103 Å². The van der Waals surface area contributed by atoms with Gasteiger partial charge in [-0.05, 0) is 5.56 Å². The molecule has 1 aliphatic heterocycles. The predicted molar refractivity (Wildman–Crippen MR) is 63.1 cm³/mol. The second-order valence-corrected chi connectivity index (χ2v) is 3.77. The Bertz CT molecular complexity index is 371. The van der Waals surface area contributed by atoms with Crippen molar-refractivity contribution in [1.82, 2.24) is 5.32 Å². The zero-order valence-corrected chi connectivity index (χ0v) is 10.1. The maximum Gasteiger partial charge on any atom is 0.249 e. The van der Waals surface area contributed by atoms with Crippen LogP contribution in [-0.4, -0.2) is 23.5 Å². The van der Waals surface area contributed by atoms with Crippen LogP contribution in [0.2, 0.25) is 0 Å². The average Bonchev–Trinajstić information content (AvgIpc) is 2.68. The van der Waals surface area contributed by atoms with E-state index < -0.39 is 0 Å². The van der Waals surface area contributed by atoms with Crippen LogP contribution < -0.4 is 17.7 Å². The Kier molecular flexibility index (Phi) is 5.06. The molecule has 0 fully saturated rings. The largest absolute Gasteiger partial charge is 1.00 e. The van der Waals surface area contributed by atoms with Gasteiger partial charge in [-0.1, -0.05) is 36.4 Å². The van der Waals surface area contributed by atoms with E-state index in [0.29, 0.717) is 0 Å². The topological polar surface area (TPSA) is 15.0 Å². The Hall–Kier alpha value is -1.28. The number of hydrogen-bond acceptors (Lipinski definition) is 1. The van der Waals surface area contributed by atoms with Gasteiger partial charge in [0.2, 0.25) is 5.84 Å². The molecule has 0 aromatic heterocycles. The summed E-state index contributed by atoms with van der Waals surface area (Å²) in [5.41, 5.74) is 1.36. The quantitative estimate of drug-likeness (QED) is 0.512. The lowest BCUT2D eigenvalue weighted by Crippen LogP contribution is -3.00. The van der Waals surface area contributed by atoms with Gasteiger partial charge in [0, 0.05) is 0 Å². The fraction of sp³-hybridized carbons (Fsp3) is 0.308. The van der Waals surface area contributed by atoms with Crippen molar-refractivity contribution < 1.29 is 17.0 Å². The molecule has 16 heavy (non-hydrogen) atoms. The minimum Gasteiger partial charge on any atom is -1.00 e. The third-order valence-electron chi connectivity index (χ3n) is 2.65. The number of amidine groups is 1. The third-order valence-corrected chi connectivity index (χ3v) is 2.65. The summed E-state index contributed by atoms with van der Waals surface area (Å²) < 4.78 is 2.39. The van der Waals surface area contributed by atoms with E-state index >= 15 is 0 Å². The first-order valence-corrected chi connectivity index (χ1v) is 5.39. The van der Waals surface area contributed by atoms with Crippen LogP contribution in [0.1, 0.15) is 12.0 Å². The number of halogens is 1. The molecule has 1 aliphatic rings. The van der Waals surface area contributed by atoms with E-state index in [2.05, 4.69) is 46.8 Å². The van der Waals surface area contributed by atoms with E-state index in [1.807, 2.05) is 6.08 Å². The summed E-state index contributed by atoms with van der Waals surface area (Å²) in [5, 5.41) is 3.40. The molecule has 2 nitrogen and oxygen atoms in total. The van der Waals surface area contributed by atoms with Crippen molar-refractivity contribution in [2.45, 2.75) is 13.0 Å². The first-order valence-electron chi connectivity index (χ1n) is 5.39. The fourth-order valence-electron chi connectivity index (χ4n) is 1.90. The molecule has 1 heterocycles. The van der Waals surface area contributed by atoms with Crippen molar-refractivity contribution >= 4 is 5.84 Å². The van der Waals surface area contributed by atoms with Gasteiger partial charge in [0.15, 0.2) is 0 Å². The second-order valence-electron chi connectivity index (χ2n) is 3.77. The Balaban J connectivity index is 0.00000128. The van der Waals surface area contributed by atoms with Gasteiger partial charge in [0.25, 0.3) is 0 Å². The maximum absolute atomic E-state index is 3.78. The van der Waals surface area contributed by atoms with Crippen molar-refractivity contribution in [1.29, 1.82) is 0 Å². The normalized spacial score (nSPS) is 14.2. The second kappa shape index (κ2) is 6.33. The van der Waals surface area contributed by atoms with Crippen LogP contribution in [0.5, 0.6) is 0 Å². The molecule has 1 aromatic carbocycles. The Morgan fingerprint density at radius 1 is 1.31 bits per heavy atom. The van der Waals surface area contributed by atoms with Gasteiger partial charge in [-0.2, -0.15) is 0 Å². The summed E-state index contributed by atoms with van der Waals surface area (Å²) in [7, 11) is 0. The zero-order chi connectivity index (χ0) is 10.5. The van der Waals surface area contributed by atoms with Crippen LogP contribution in [0.25, 0.3) is 0 Å². The van der Waals surface area contributed by atoms with E-state index in [1.54, 1.807) is 0 Å². The molecule has 1 aromatic rings. The molecule has 0 amide bonds. The van der Waals surface area contributed by atoms with E-state index in [0.717, 1.165) is 26.1 Å². The Morgan fingerprint density at radius 2 is 2.06 bits per heavy atom. The average molecular weight is 237 g/mol. The lowest BCUT2D eigenvalue weighted by Gasteiger charge is -2.02. The zero-order valence-electron chi connectivity index (χ0n) is 9.32. The minimum absolute atomic E-state index is 0. The summed E-state index contributed by atoms with van der Waals surface area (Å²) in [5.74, 6) is 1.30. The smallest absolute Gasteiger partial charge is 0.249 e. The Morgan fingerprint density at radius 3 is 2.75 bits per heavy atom. The lowest BCUT2D eigenvalue weighted by atomic mass is 10.2. The molecule has 0 spiro atoms. The van der Waals surface area contributed by atoms with Crippen molar-refractivity contribution in [2.75, 3.05) is 13.1 Å². The SMILES string of the molecule is C=CCC1=[N+](Cc2ccccc2)CCN1.[Cl-]. The standard InChI is InChI=1S/C13H16N2.ClH/c1-2-6-13-14-9-10-15(13)11-12-7-4-3-5-8-12;/h2-5,7-8H,1,6,9-11H2;1H. The highest BCUT2D eigenvalue weighted by Crippen LogP contribution is 2.03. The van der Waals surface area contributed by atoms with Crippen molar-refractivity contribution in [3.8, 4) is 0 Å². The van der Waals surface area contributed by atoms with Crippen LogP contribution >= 0.6 is 0 Å². The van der Waals surface area contributed by atoms with Gasteiger partial charge in [0.1, 0.15) is 19.6 Å². The molecule has 0 radical (unpaired) electrons. The van der Waals surface area contributed by atoms with Gasteiger partial charge in [-0.25, -0.2) is 0 Å². The highest BCUT2D eigenvalue weighted by atomic mass is 35.5. The van der Waals surface area contributed by atoms with Gasteiger partial charge in [-0.3, -0.25) is 9.89 Å². The molecular weight excluding hydrogens is 220 g/mol. The number of hydrogen-bond donors (Lipinski definition) is 1. The summed E-state index contributed by atoms with van der Waals surface area (Å²) in [6, 6.07) is 10.6. The summed E-state index contributed by atoms with van der Waals surface area (Å²) in [6.07, 6.45) is 2.89. The number of nitrogens with one attached hydrogen (secondary N) is 1. The third kappa shape index (κ3) is 3.11. The van der Waals surface area contributed by atoms with E-state index in [1.165, 1.54) is 11.4 Å². The maximum atomic E-state index is 3.78. The monoisotopic (exact) mass is 236 g/mol. The van der Waals surface area contributed by atoms with Gasteiger partial charge < -0.3 is 12.4 Å². The fourth-order valence-corrected chi connectivity index (χ4v) is 1.90. The molecule has 0 aliphatic carbocycles. The molecule has 3 heteroatoms. The van der Waals surface area contributed by atoms with Crippen LogP contribution in [0.4, 0.5) is 0 Å². The molecule has 0 saturated heterocycles. The highest BCUT2D eigenvalue weighted by Gasteiger charge is 2.18. The molecule has 0 atom stereocenters. The molecule has 0 saturated carbocycles. The van der Waals surface area contributed by atoms with Crippen molar-refractivity contribution in [3.05, 3.63) is 48.6 Å². The van der Waals surface area contributed by atoms with Crippen LogP contribution in [0, 0.1) is 0 Å². The van der Waals surface area contributed by atoms with E-state index in [9.17, 15) is 0 Å². The molecular formula is C13H17ClN2. The molecule has 0 bridgehead atoms. The molecule has 1 N–H and O–H groups in total. The summed E-state index contributed by atoms with van der Waals surface area (Å²) in [6.45, 7) is 6.92. The lowest BCUT2D eigenvalue weighted by molar-refractivity contribution is -0.535. The summed E-state index contributed by atoms with van der Waals surface area (Å²) in [4.78, 5) is 0. The first-order chi connectivity index (χ1) is 7.40. The van der Waals surface area contributed by atoms with Crippen LogP contribution in [-0.2, 0) is 6.54 Å². The van der Waals surface area contributed by atoms with Crippen molar-refractivity contribution in [2.24, 2.45) is 0 Å². The van der Waals surface area contributed by atoms with Crippen LogP contribution in [0.15, 0.2) is 43.0 Å². The van der Waals surface area contributed by atoms with Gasteiger partial charge in [-0.15, -0.1) is 6.58 Å². The van der Waals surface area contributed by atoms with E-state index in [4.69, 9.17) is 0 Å². The molecule has 2 rings (SSSR count). The minimum atomic E-state index is 0. The van der Waals surface area contributed by atoms with Gasteiger partial charge in [0.05, 0.1) is 6.42 Å². The highest BCUT2D eigenvalue weighted by molar-refractivity contribution is 5.79. The number of benzene rings is 1. The van der Waals surface area contributed by atoms with Gasteiger partial charge >= 0.3 is 0 Å². The number of nitrogens with zero attached hydrogens (tertiary/aromatic N) is 1. The molecule has 86 valence electrons. The van der Waals surface area contributed by atoms with E-state index in [-0.39, 0.29) is 12.4 Å². The van der Waals surface area contributed by atoms with Crippen LogP contribution in [0.3, 0.4) is 0 Å². The first kappa shape index (κ1) is 12.8. The predicted octanol–water partition coefficient (Wildman–Crippen LogP) is -1.22.